The van der Waals surface area contributed by atoms with Gasteiger partial charge in [-0.2, -0.15) is 5.26 Å². The highest BCUT2D eigenvalue weighted by Crippen LogP contribution is 2.21. The average Bonchev–Trinajstić information content (AvgIpc) is 2.65. The quantitative estimate of drug-likeness (QED) is 0.720. The van der Waals surface area contributed by atoms with Crippen molar-refractivity contribution in [3.63, 3.8) is 0 Å². The summed E-state index contributed by atoms with van der Waals surface area (Å²) in [4.78, 5) is 20.8. The van der Waals surface area contributed by atoms with E-state index in [1.165, 1.54) is 12.3 Å². The first kappa shape index (κ1) is 17.4. The molecule has 0 saturated carbocycles. The van der Waals surface area contributed by atoms with Gasteiger partial charge in [0, 0.05) is 22.6 Å². The smallest absolute Gasteiger partial charge is 0.274 e. The summed E-state index contributed by atoms with van der Waals surface area (Å²) in [5, 5.41) is 15.3. The number of nitriles is 1. The van der Waals surface area contributed by atoms with Gasteiger partial charge in [0.15, 0.2) is 0 Å². The van der Waals surface area contributed by atoms with Gasteiger partial charge in [-0.1, -0.05) is 23.7 Å². The third-order valence-corrected chi connectivity index (χ3v) is 3.82. The molecule has 0 atom stereocenters. The Labute approximate surface area is 155 Å². The van der Waals surface area contributed by atoms with Crippen LogP contribution in [0.25, 0.3) is 0 Å². The summed E-state index contributed by atoms with van der Waals surface area (Å²) in [7, 11) is 0. The van der Waals surface area contributed by atoms with E-state index in [1.807, 2.05) is 13.0 Å². The predicted octanol–water partition coefficient (Wildman–Crippen LogP) is 4.31. The van der Waals surface area contributed by atoms with Crippen LogP contribution in [0, 0.1) is 18.3 Å². The Kier molecular flexibility index (Phi) is 5.11. The fourth-order valence-electron chi connectivity index (χ4n) is 2.26. The molecule has 7 heteroatoms. The molecule has 1 amide bonds. The van der Waals surface area contributed by atoms with Crippen LogP contribution in [0.5, 0.6) is 0 Å². The lowest BCUT2D eigenvalue weighted by atomic mass is 10.2. The van der Waals surface area contributed by atoms with E-state index >= 15 is 0 Å². The molecule has 0 radical (unpaired) electrons. The molecule has 0 aliphatic carbocycles. The standard InChI is InChI=1S/C19H14ClN5O/c1-12-5-6-14(20)10-17(12)24-18(26)16-7-8-22-19(25-16)23-15-4-2-3-13(9-15)11-21/h2-10H,1H3,(H,24,26)(H,22,23,25). The van der Waals surface area contributed by atoms with Crippen LogP contribution >= 0.6 is 11.6 Å². The number of carbonyl (C=O) groups is 1. The van der Waals surface area contributed by atoms with Crippen molar-refractivity contribution in [1.29, 1.82) is 5.26 Å². The number of anilines is 3. The van der Waals surface area contributed by atoms with Crippen LogP contribution in [-0.2, 0) is 0 Å². The van der Waals surface area contributed by atoms with Crippen molar-refractivity contribution in [3.8, 4) is 6.07 Å². The number of benzene rings is 2. The fraction of sp³-hybridized carbons (Fsp3) is 0.0526. The molecule has 2 N–H and O–H groups in total. The zero-order valence-corrected chi connectivity index (χ0v) is 14.6. The van der Waals surface area contributed by atoms with Crippen molar-refractivity contribution >= 4 is 34.8 Å². The van der Waals surface area contributed by atoms with E-state index in [1.54, 1.807) is 36.4 Å². The Bertz CT molecular complexity index is 1010. The second-order valence-electron chi connectivity index (χ2n) is 5.50. The molecule has 3 rings (SSSR count). The lowest BCUT2D eigenvalue weighted by molar-refractivity contribution is 0.102. The molecular weight excluding hydrogens is 350 g/mol. The number of carbonyl (C=O) groups excluding carboxylic acids is 1. The molecule has 0 saturated heterocycles. The highest BCUT2D eigenvalue weighted by molar-refractivity contribution is 6.31. The minimum Gasteiger partial charge on any atom is -0.324 e. The number of amides is 1. The van der Waals surface area contributed by atoms with E-state index in [4.69, 9.17) is 16.9 Å². The Morgan fingerprint density at radius 1 is 1.19 bits per heavy atom. The van der Waals surface area contributed by atoms with E-state index in [9.17, 15) is 4.79 Å². The van der Waals surface area contributed by atoms with Gasteiger partial charge in [0.25, 0.3) is 5.91 Å². The van der Waals surface area contributed by atoms with Crippen molar-refractivity contribution < 1.29 is 4.79 Å². The van der Waals surface area contributed by atoms with Gasteiger partial charge >= 0.3 is 0 Å². The van der Waals surface area contributed by atoms with Gasteiger partial charge in [-0.3, -0.25) is 4.79 Å². The van der Waals surface area contributed by atoms with Crippen molar-refractivity contribution in [2.24, 2.45) is 0 Å². The minimum absolute atomic E-state index is 0.207. The van der Waals surface area contributed by atoms with E-state index in [0.717, 1.165) is 5.56 Å². The van der Waals surface area contributed by atoms with Gasteiger partial charge in [-0.15, -0.1) is 0 Å². The highest BCUT2D eigenvalue weighted by atomic mass is 35.5. The third-order valence-electron chi connectivity index (χ3n) is 3.58. The zero-order chi connectivity index (χ0) is 18.5. The summed E-state index contributed by atoms with van der Waals surface area (Å²) in [5.74, 6) is -0.109. The number of nitrogens with one attached hydrogen (secondary N) is 2. The van der Waals surface area contributed by atoms with Crippen LogP contribution in [-0.4, -0.2) is 15.9 Å². The molecule has 2 aromatic carbocycles. The van der Waals surface area contributed by atoms with Gasteiger partial charge < -0.3 is 10.6 Å². The van der Waals surface area contributed by atoms with Gasteiger partial charge in [-0.05, 0) is 48.9 Å². The number of aryl methyl sites for hydroxylation is 1. The molecular formula is C19H14ClN5O. The molecule has 3 aromatic rings. The van der Waals surface area contributed by atoms with Gasteiger partial charge in [-0.25, -0.2) is 9.97 Å². The fourth-order valence-corrected chi connectivity index (χ4v) is 2.43. The van der Waals surface area contributed by atoms with E-state index in [-0.39, 0.29) is 17.5 Å². The van der Waals surface area contributed by atoms with Crippen LogP contribution in [0.15, 0.2) is 54.7 Å². The second-order valence-corrected chi connectivity index (χ2v) is 5.93. The molecule has 0 unspecified atom stereocenters. The van der Waals surface area contributed by atoms with Gasteiger partial charge in [0.1, 0.15) is 5.69 Å². The van der Waals surface area contributed by atoms with Crippen molar-refractivity contribution in [3.05, 3.63) is 76.6 Å². The number of hydrogen-bond donors (Lipinski definition) is 2. The summed E-state index contributed by atoms with van der Waals surface area (Å²) in [6, 6.07) is 15.8. The molecule has 128 valence electrons. The molecule has 0 bridgehead atoms. The molecule has 1 heterocycles. The van der Waals surface area contributed by atoms with E-state index in [2.05, 4.69) is 26.7 Å². The van der Waals surface area contributed by atoms with Crippen LogP contribution in [0.4, 0.5) is 17.3 Å². The normalized spacial score (nSPS) is 10.0. The van der Waals surface area contributed by atoms with Crippen molar-refractivity contribution in [2.45, 2.75) is 6.92 Å². The topological polar surface area (TPSA) is 90.7 Å². The number of hydrogen-bond acceptors (Lipinski definition) is 5. The van der Waals surface area contributed by atoms with Crippen molar-refractivity contribution in [1.82, 2.24) is 9.97 Å². The van der Waals surface area contributed by atoms with Crippen LogP contribution in [0.3, 0.4) is 0 Å². The predicted molar refractivity (Wildman–Crippen MR) is 101 cm³/mol. The first-order valence-electron chi connectivity index (χ1n) is 7.73. The summed E-state index contributed by atoms with van der Waals surface area (Å²) in [5.41, 5.74) is 2.90. The van der Waals surface area contributed by atoms with Crippen LogP contribution in [0.2, 0.25) is 5.02 Å². The number of halogens is 1. The Hall–Kier alpha value is -3.43. The lowest BCUT2D eigenvalue weighted by Gasteiger charge is -2.09. The molecule has 0 spiro atoms. The maximum Gasteiger partial charge on any atom is 0.274 e. The third kappa shape index (κ3) is 4.15. The molecule has 0 aliphatic rings. The molecule has 1 aromatic heterocycles. The molecule has 0 fully saturated rings. The number of nitrogens with zero attached hydrogens (tertiary/aromatic N) is 3. The van der Waals surface area contributed by atoms with Crippen LogP contribution < -0.4 is 10.6 Å². The first-order valence-corrected chi connectivity index (χ1v) is 8.11. The number of rotatable bonds is 4. The summed E-state index contributed by atoms with van der Waals surface area (Å²) >= 11 is 5.98. The number of aromatic nitrogens is 2. The second kappa shape index (κ2) is 7.64. The van der Waals surface area contributed by atoms with Crippen molar-refractivity contribution in [2.75, 3.05) is 10.6 Å². The largest absolute Gasteiger partial charge is 0.324 e. The maximum absolute atomic E-state index is 12.5. The Morgan fingerprint density at radius 2 is 2.04 bits per heavy atom. The lowest BCUT2D eigenvalue weighted by Crippen LogP contribution is -2.15. The Morgan fingerprint density at radius 3 is 2.85 bits per heavy atom. The molecule has 6 nitrogen and oxygen atoms in total. The average molecular weight is 364 g/mol. The summed E-state index contributed by atoms with van der Waals surface area (Å²) in [6.07, 6.45) is 1.49. The van der Waals surface area contributed by atoms with E-state index in [0.29, 0.717) is 22.0 Å². The SMILES string of the molecule is Cc1ccc(Cl)cc1NC(=O)c1ccnc(Nc2cccc(C#N)c2)n1. The molecule has 0 aliphatic heterocycles. The van der Waals surface area contributed by atoms with Gasteiger partial charge in [0.05, 0.1) is 11.6 Å². The van der Waals surface area contributed by atoms with Crippen LogP contribution in [0.1, 0.15) is 21.6 Å². The Balaban J connectivity index is 1.79. The summed E-state index contributed by atoms with van der Waals surface area (Å²) < 4.78 is 0. The highest BCUT2D eigenvalue weighted by Gasteiger charge is 2.11. The molecule has 26 heavy (non-hydrogen) atoms. The summed E-state index contributed by atoms with van der Waals surface area (Å²) in [6.45, 7) is 1.88. The first-order chi connectivity index (χ1) is 12.5. The van der Waals surface area contributed by atoms with E-state index < -0.39 is 0 Å². The minimum atomic E-state index is -0.369. The monoisotopic (exact) mass is 363 g/mol. The zero-order valence-electron chi connectivity index (χ0n) is 13.8. The maximum atomic E-state index is 12.5. The van der Waals surface area contributed by atoms with Gasteiger partial charge in [0.2, 0.25) is 5.95 Å².